The van der Waals surface area contributed by atoms with E-state index in [1.165, 1.54) is 22.7 Å². The molecule has 6 heteroatoms. The van der Waals surface area contributed by atoms with Crippen LogP contribution < -0.4 is 5.32 Å². The molecule has 3 nitrogen and oxygen atoms in total. The molecule has 2 heterocycles. The predicted octanol–water partition coefficient (Wildman–Crippen LogP) is 4.62. The number of ketones is 1. The fraction of sp³-hybridized carbons (Fsp3) is 0.0588. The third-order valence-electron chi connectivity index (χ3n) is 3.14. The van der Waals surface area contributed by atoms with Crippen LogP contribution in [-0.2, 0) is 6.54 Å². The molecule has 0 radical (unpaired) electrons. The Balaban J connectivity index is 1.63. The molecule has 0 aliphatic heterocycles. The van der Waals surface area contributed by atoms with E-state index in [1.54, 1.807) is 30.3 Å². The van der Waals surface area contributed by atoms with Gasteiger partial charge < -0.3 is 5.32 Å². The summed E-state index contributed by atoms with van der Waals surface area (Å²) in [5.41, 5.74) is 0.518. The lowest BCUT2D eigenvalue weighted by Crippen LogP contribution is -2.22. The van der Waals surface area contributed by atoms with Crippen LogP contribution in [0.25, 0.3) is 0 Å². The van der Waals surface area contributed by atoms with Crippen molar-refractivity contribution in [1.82, 2.24) is 5.32 Å². The van der Waals surface area contributed by atoms with E-state index in [2.05, 4.69) is 5.32 Å². The summed E-state index contributed by atoms with van der Waals surface area (Å²) in [5.74, 6) is -0.163. The molecule has 0 fully saturated rings. The Hall–Kier alpha value is -1.95. The maximum Gasteiger partial charge on any atom is 0.251 e. The first-order valence-electron chi connectivity index (χ1n) is 6.84. The normalized spacial score (nSPS) is 10.5. The maximum atomic E-state index is 12.2. The van der Waals surface area contributed by atoms with Crippen LogP contribution in [0.2, 0.25) is 5.02 Å². The monoisotopic (exact) mass is 361 g/mol. The summed E-state index contributed by atoms with van der Waals surface area (Å²) in [6.07, 6.45) is 0. The average molecular weight is 362 g/mol. The third-order valence-corrected chi connectivity index (χ3v) is 5.33. The van der Waals surface area contributed by atoms with Crippen molar-refractivity contribution in [1.29, 1.82) is 0 Å². The second kappa shape index (κ2) is 7.08. The van der Waals surface area contributed by atoms with E-state index in [-0.39, 0.29) is 11.7 Å². The first-order valence-corrected chi connectivity index (χ1v) is 8.91. The van der Waals surface area contributed by atoms with Gasteiger partial charge in [0.1, 0.15) is 0 Å². The molecule has 3 aromatic rings. The minimum Gasteiger partial charge on any atom is -0.347 e. The van der Waals surface area contributed by atoms with E-state index in [1.807, 2.05) is 23.6 Å². The van der Waals surface area contributed by atoms with Gasteiger partial charge in [0, 0.05) is 15.5 Å². The van der Waals surface area contributed by atoms with Crippen LogP contribution in [0.5, 0.6) is 0 Å². The van der Waals surface area contributed by atoms with Crippen LogP contribution in [0.4, 0.5) is 0 Å². The van der Waals surface area contributed by atoms with E-state index in [0.717, 1.165) is 9.75 Å². The minimum atomic E-state index is -0.188. The standard InChI is InChI=1S/C17H12ClNO2S2/c18-12-4-1-3-11(9-12)17(21)19-10-13-6-7-15(23-13)16(20)14-5-2-8-22-14/h1-9H,10H2,(H,19,21). The van der Waals surface area contributed by atoms with Gasteiger partial charge in [-0.05, 0) is 41.8 Å². The van der Waals surface area contributed by atoms with Gasteiger partial charge in [-0.25, -0.2) is 0 Å². The number of rotatable bonds is 5. The summed E-state index contributed by atoms with van der Waals surface area (Å²) in [4.78, 5) is 26.6. The molecule has 0 unspecified atom stereocenters. The zero-order valence-electron chi connectivity index (χ0n) is 11.9. The van der Waals surface area contributed by atoms with Gasteiger partial charge in [0.25, 0.3) is 5.91 Å². The van der Waals surface area contributed by atoms with Crippen LogP contribution in [0.3, 0.4) is 0 Å². The fourth-order valence-electron chi connectivity index (χ4n) is 2.02. The molecule has 0 aliphatic carbocycles. The van der Waals surface area contributed by atoms with E-state index in [9.17, 15) is 9.59 Å². The highest BCUT2D eigenvalue weighted by atomic mass is 35.5. The van der Waals surface area contributed by atoms with E-state index in [0.29, 0.717) is 22.0 Å². The summed E-state index contributed by atoms with van der Waals surface area (Å²) < 4.78 is 0. The quantitative estimate of drug-likeness (QED) is 0.674. The van der Waals surface area contributed by atoms with Gasteiger partial charge in [0.05, 0.1) is 16.3 Å². The number of hydrogen-bond donors (Lipinski definition) is 1. The Morgan fingerprint density at radius 2 is 1.91 bits per heavy atom. The largest absolute Gasteiger partial charge is 0.347 e. The first-order chi connectivity index (χ1) is 11.1. The highest BCUT2D eigenvalue weighted by Gasteiger charge is 2.13. The molecule has 0 atom stereocenters. The lowest BCUT2D eigenvalue weighted by Gasteiger charge is -2.03. The van der Waals surface area contributed by atoms with Crippen LogP contribution in [0.1, 0.15) is 29.8 Å². The highest BCUT2D eigenvalue weighted by molar-refractivity contribution is 7.16. The van der Waals surface area contributed by atoms with Crippen LogP contribution in [-0.4, -0.2) is 11.7 Å². The fourth-order valence-corrected chi connectivity index (χ4v) is 3.86. The molecule has 1 N–H and O–H groups in total. The smallest absolute Gasteiger partial charge is 0.251 e. The second-order valence-corrected chi connectivity index (χ2v) is 7.32. The van der Waals surface area contributed by atoms with Gasteiger partial charge in [0.15, 0.2) is 0 Å². The molecule has 1 amide bonds. The van der Waals surface area contributed by atoms with Crippen molar-refractivity contribution in [3.63, 3.8) is 0 Å². The van der Waals surface area contributed by atoms with E-state index < -0.39 is 0 Å². The zero-order valence-corrected chi connectivity index (χ0v) is 14.3. The topological polar surface area (TPSA) is 46.2 Å². The summed E-state index contributed by atoms with van der Waals surface area (Å²) in [6.45, 7) is 0.383. The highest BCUT2D eigenvalue weighted by Crippen LogP contribution is 2.22. The molecule has 0 bridgehead atoms. The molecular formula is C17H12ClNO2S2. The van der Waals surface area contributed by atoms with E-state index >= 15 is 0 Å². The molecule has 0 aliphatic rings. The Bertz CT molecular complexity index is 840. The van der Waals surface area contributed by atoms with Crippen molar-refractivity contribution in [2.45, 2.75) is 6.54 Å². The van der Waals surface area contributed by atoms with Crippen molar-refractivity contribution in [3.05, 3.63) is 79.1 Å². The van der Waals surface area contributed by atoms with Gasteiger partial charge in [-0.3, -0.25) is 9.59 Å². The number of nitrogens with one attached hydrogen (secondary N) is 1. The maximum absolute atomic E-state index is 12.2. The lowest BCUT2D eigenvalue weighted by atomic mass is 10.2. The number of thiophene rings is 2. The second-order valence-electron chi connectivity index (χ2n) is 4.77. The van der Waals surface area contributed by atoms with Gasteiger partial charge in [0.2, 0.25) is 5.78 Å². The van der Waals surface area contributed by atoms with Crippen LogP contribution in [0, 0.1) is 0 Å². The molecule has 116 valence electrons. The minimum absolute atomic E-state index is 0.0254. The number of halogens is 1. The number of carbonyl (C=O) groups excluding carboxylic acids is 2. The van der Waals surface area contributed by atoms with Crippen molar-refractivity contribution in [3.8, 4) is 0 Å². The summed E-state index contributed by atoms with van der Waals surface area (Å²) in [5, 5.41) is 5.24. The van der Waals surface area contributed by atoms with E-state index in [4.69, 9.17) is 11.6 Å². The van der Waals surface area contributed by atoms with Crippen molar-refractivity contribution < 1.29 is 9.59 Å². The third kappa shape index (κ3) is 3.88. The van der Waals surface area contributed by atoms with Gasteiger partial charge in [-0.2, -0.15) is 0 Å². The Kier molecular flexibility index (Phi) is 4.91. The Morgan fingerprint density at radius 1 is 1.04 bits per heavy atom. The molecule has 2 aromatic heterocycles. The summed E-state index contributed by atoms with van der Waals surface area (Å²) in [6, 6.07) is 14.1. The molecule has 0 saturated heterocycles. The number of amides is 1. The summed E-state index contributed by atoms with van der Waals surface area (Å²) >= 11 is 8.70. The number of hydrogen-bond acceptors (Lipinski definition) is 4. The average Bonchev–Trinajstić information content (AvgIpc) is 3.23. The van der Waals surface area contributed by atoms with Gasteiger partial charge in [-0.1, -0.05) is 23.7 Å². The lowest BCUT2D eigenvalue weighted by molar-refractivity contribution is 0.0950. The van der Waals surface area contributed by atoms with Crippen molar-refractivity contribution >= 4 is 46.0 Å². The predicted molar refractivity (Wildman–Crippen MR) is 94.7 cm³/mol. The molecule has 0 saturated carbocycles. The van der Waals surface area contributed by atoms with Gasteiger partial charge in [-0.15, -0.1) is 22.7 Å². The van der Waals surface area contributed by atoms with Crippen molar-refractivity contribution in [2.75, 3.05) is 0 Å². The summed E-state index contributed by atoms with van der Waals surface area (Å²) in [7, 11) is 0. The first kappa shape index (κ1) is 15.9. The van der Waals surface area contributed by atoms with Gasteiger partial charge >= 0.3 is 0 Å². The zero-order chi connectivity index (χ0) is 16.2. The molecule has 0 spiro atoms. The van der Waals surface area contributed by atoms with Crippen LogP contribution in [0.15, 0.2) is 53.9 Å². The van der Waals surface area contributed by atoms with Crippen molar-refractivity contribution in [2.24, 2.45) is 0 Å². The molecule has 23 heavy (non-hydrogen) atoms. The van der Waals surface area contributed by atoms with Crippen LogP contribution >= 0.6 is 34.3 Å². The Labute approximate surface area is 146 Å². The molecule has 1 aromatic carbocycles. The molecule has 3 rings (SSSR count). The number of benzene rings is 1. The Morgan fingerprint density at radius 3 is 2.65 bits per heavy atom. The number of carbonyl (C=O) groups is 2. The molecular weight excluding hydrogens is 350 g/mol. The SMILES string of the molecule is O=C(NCc1ccc(C(=O)c2cccs2)s1)c1cccc(Cl)c1.